The van der Waals surface area contributed by atoms with Gasteiger partial charge in [-0.05, 0) is 6.07 Å². The first-order valence-electron chi connectivity index (χ1n) is 22.8. The van der Waals surface area contributed by atoms with Gasteiger partial charge < -0.3 is 43.0 Å². The van der Waals surface area contributed by atoms with Crippen LogP contribution in [0.5, 0.6) is 40.2 Å². The Hall–Kier alpha value is -9.44. The standard InChI is InChI=1S/C56H50N8O8/c1-9-25-65-39-33-38-40(44(67-27-11-3)43(39)66-26-10-2)52-59-51(38)63-56-37-24-20-19-23-36(37)55(64(56)72-32-16-8)62-50-35-22-18-17-21-34(35)49(57-50)58-53-41-42(54(60-52)61-53)46(69-29-13-5)48(71-31-15-7)47(70-30-14-6)45(41)68-28-12-4/h9-24,33H,1-8,25-32H2,(H,57,58,59,60,61,62,63). The third-order valence-corrected chi connectivity index (χ3v) is 10.9. The monoisotopic (exact) mass is 962 g/mol. The summed E-state index contributed by atoms with van der Waals surface area (Å²) in [6, 6.07) is 17.2. The molecule has 0 unspecified atom stereocenters. The lowest BCUT2D eigenvalue weighted by atomic mass is 10.1. The van der Waals surface area contributed by atoms with Crippen molar-refractivity contribution in [3.05, 3.63) is 156 Å². The Bertz CT molecular complexity index is 3520. The van der Waals surface area contributed by atoms with Gasteiger partial charge in [-0.1, -0.05) is 150 Å². The zero-order valence-electron chi connectivity index (χ0n) is 39.5. The molecule has 0 radical (unpaired) electrons. The molecule has 2 aliphatic rings. The van der Waals surface area contributed by atoms with Crippen molar-refractivity contribution in [2.24, 2.45) is 0 Å². The summed E-state index contributed by atoms with van der Waals surface area (Å²) in [7, 11) is 0. The summed E-state index contributed by atoms with van der Waals surface area (Å²) >= 11 is 0. The number of H-pyrrole nitrogens is 1. The topological polar surface area (TPSA) is 172 Å². The van der Waals surface area contributed by atoms with E-state index in [0.29, 0.717) is 61.5 Å². The maximum Gasteiger partial charge on any atom is 0.208 e. The fourth-order valence-electron chi connectivity index (χ4n) is 8.17. The first-order valence-corrected chi connectivity index (χ1v) is 22.8. The molecule has 0 spiro atoms. The zero-order chi connectivity index (χ0) is 50.1. The minimum Gasteiger partial charge on any atom is -0.485 e. The number of ether oxygens (including phenoxy) is 7. The average molecular weight is 963 g/mol. The molecular formula is C56H50N8O8. The van der Waals surface area contributed by atoms with Crippen LogP contribution in [-0.4, -0.2) is 92.5 Å². The van der Waals surface area contributed by atoms with Gasteiger partial charge in [0, 0.05) is 27.5 Å². The van der Waals surface area contributed by atoms with E-state index in [-0.39, 0.29) is 110 Å². The van der Waals surface area contributed by atoms with Crippen LogP contribution >= 0.6 is 0 Å². The normalized spacial score (nSPS) is 11.1. The summed E-state index contributed by atoms with van der Waals surface area (Å²) < 4.78 is 46.8. The van der Waals surface area contributed by atoms with Crippen LogP contribution in [0, 0.1) is 0 Å². The molecule has 8 bridgehead atoms. The van der Waals surface area contributed by atoms with E-state index in [1.54, 1.807) is 59.4 Å². The number of hydrogen-bond donors (Lipinski definition) is 1. The fraction of sp³-hybridized carbons (Fsp3) is 0.143. The Balaban J connectivity index is 1.58. The van der Waals surface area contributed by atoms with Gasteiger partial charge in [0.15, 0.2) is 57.6 Å². The van der Waals surface area contributed by atoms with E-state index in [1.807, 2.05) is 48.5 Å². The molecule has 4 aromatic carbocycles. The number of nitrogens with zero attached hydrogens (tertiary/aromatic N) is 7. The van der Waals surface area contributed by atoms with E-state index >= 15 is 0 Å². The van der Waals surface area contributed by atoms with Crippen molar-refractivity contribution in [2.75, 3.05) is 52.9 Å². The predicted molar refractivity (Wildman–Crippen MR) is 281 cm³/mol. The third kappa shape index (κ3) is 8.76. The smallest absolute Gasteiger partial charge is 0.208 e. The molecule has 1 N–H and O–H groups in total. The summed E-state index contributed by atoms with van der Waals surface area (Å²) in [4.78, 5) is 41.6. The molecule has 16 heteroatoms. The van der Waals surface area contributed by atoms with Crippen LogP contribution in [0.4, 0.5) is 0 Å². The van der Waals surface area contributed by atoms with Crippen molar-refractivity contribution in [1.29, 1.82) is 0 Å². The van der Waals surface area contributed by atoms with Gasteiger partial charge in [0.2, 0.25) is 17.2 Å². The molecule has 2 aliphatic heterocycles. The number of fused-ring (bicyclic) bond motifs is 20. The minimum absolute atomic E-state index is 0.0469. The van der Waals surface area contributed by atoms with Crippen molar-refractivity contribution in [3.8, 4) is 85.8 Å². The average Bonchev–Trinajstić information content (AvgIpc) is 4.12. The van der Waals surface area contributed by atoms with Gasteiger partial charge in [-0.15, -0.1) is 4.73 Å². The highest BCUT2D eigenvalue weighted by Gasteiger charge is 2.34. The van der Waals surface area contributed by atoms with Crippen LogP contribution in [0.2, 0.25) is 0 Å². The second-order valence-corrected chi connectivity index (χ2v) is 15.6. The van der Waals surface area contributed by atoms with Crippen LogP contribution in [-0.2, 0) is 0 Å². The van der Waals surface area contributed by atoms with Gasteiger partial charge in [-0.2, -0.15) is 0 Å². The number of rotatable bonds is 24. The highest BCUT2D eigenvalue weighted by molar-refractivity contribution is 6.14. The largest absolute Gasteiger partial charge is 0.485 e. The minimum atomic E-state index is 0.0469. The SMILES string of the molecule is C=CCOc1cc2c(c(OCC=C)c1OCC=C)-c1nc-2nc2c3ccccc3c(nc3nc(nc4[nH]c(n1)c1c(OCC=C)c(OCC=C)c(OCC=C)c(OCC=C)c41)-c1ccccc1-3)n2OCC=C. The molecule has 362 valence electrons. The van der Waals surface area contributed by atoms with Crippen molar-refractivity contribution in [3.63, 3.8) is 0 Å². The number of nitrogens with one attached hydrogen (secondary N) is 1. The summed E-state index contributed by atoms with van der Waals surface area (Å²) in [5, 5.41) is 2.20. The molecule has 0 saturated heterocycles. The lowest BCUT2D eigenvalue weighted by molar-refractivity contribution is 0.153. The maximum atomic E-state index is 6.58. The van der Waals surface area contributed by atoms with Crippen molar-refractivity contribution >= 4 is 44.1 Å². The number of benzene rings is 4. The molecule has 0 fully saturated rings. The number of aromatic amines is 1. The molecule has 16 nitrogen and oxygen atoms in total. The molecule has 3 aromatic heterocycles. The molecule has 7 aromatic rings. The van der Waals surface area contributed by atoms with Gasteiger partial charge in [0.05, 0.1) is 16.3 Å². The zero-order valence-corrected chi connectivity index (χ0v) is 39.5. The molecule has 5 heterocycles. The first kappa shape index (κ1) is 47.6. The van der Waals surface area contributed by atoms with E-state index < -0.39 is 0 Å². The summed E-state index contributed by atoms with van der Waals surface area (Å²) in [5.74, 6) is 2.70. The number of hydrogen-bond acceptors (Lipinski definition) is 14. The van der Waals surface area contributed by atoms with Crippen LogP contribution < -0.4 is 38.0 Å². The van der Waals surface area contributed by atoms with Crippen LogP contribution in [0.25, 0.3) is 89.7 Å². The maximum absolute atomic E-state index is 6.58. The summed E-state index contributed by atoms with van der Waals surface area (Å²) in [5.41, 5.74) is 3.55. The van der Waals surface area contributed by atoms with Crippen LogP contribution in [0.15, 0.2) is 156 Å². The molecule has 9 rings (SSSR count). The molecular weight excluding hydrogens is 913 g/mol. The Kier molecular flexibility index (Phi) is 14.2. The predicted octanol–water partition coefficient (Wildman–Crippen LogP) is 10.9. The Morgan fingerprint density at radius 2 is 0.806 bits per heavy atom. The van der Waals surface area contributed by atoms with Crippen molar-refractivity contribution in [1.82, 2.24) is 39.6 Å². The van der Waals surface area contributed by atoms with E-state index in [2.05, 4.69) is 57.6 Å². The Morgan fingerprint density at radius 3 is 1.32 bits per heavy atom. The van der Waals surface area contributed by atoms with E-state index in [9.17, 15) is 0 Å². The molecule has 0 saturated carbocycles. The summed E-state index contributed by atoms with van der Waals surface area (Å²) in [6.45, 7) is 32.0. The van der Waals surface area contributed by atoms with Gasteiger partial charge in [-0.25, -0.2) is 29.9 Å². The van der Waals surface area contributed by atoms with Crippen LogP contribution in [0.1, 0.15) is 0 Å². The third-order valence-electron chi connectivity index (χ3n) is 10.9. The highest BCUT2D eigenvalue weighted by atomic mass is 16.7. The molecule has 0 amide bonds. The van der Waals surface area contributed by atoms with Crippen LogP contribution in [0.3, 0.4) is 0 Å². The Morgan fingerprint density at radius 1 is 0.403 bits per heavy atom. The van der Waals surface area contributed by atoms with Gasteiger partial charge in [0.1, 0.15) is 64.1 Å². The van der Waals surface area contributed by atoms with Crippen molar-refractivity contribution in [2.45, 2.75) is 0 Å². The lowest BCUT2D eigenvalue weighted by Gasteiger charge is -2.20. The van der Waals surface area contributed by atoms with Gasteiger partial charge in [-0.3, -0.25) is 0 Å². The van der Waals surface area contributed by atoms with Gasteiger partial charge in [0.25, 0.3) is 0 Å². The first-order chi connectivity index (χ1) is 35.4. The fourth-order valence-corrected chi connectivity index (χ4v) is 8.17. The summed E-state index contributed by atoms with van der Waals surface area (Å²) in [6.07, 6.45) is 12.9. The van der Waals surface area contributed by atoms with E-state index in [0.717, 1.165) is 10.9 Å². The number of aromatic nitrogens is 8. The molecule has 72 heavy (non-hydrogen) atoms. The van der Waals surface area contributed by atoms with Crippen molar-refractivity contribution < 1.29 is 38.0 Å². The van der Waals surface area contributed by atoms with E-state index in [4.69, 9.17) is 67.9 Å². The van der Waals surface area contributed by atoms with Gasteiger partial charge >= 0.3 is 0 Å². The Labute approximate surface area is 414 Å². The quantitative estimate of drug-likeness (QED) is 0.0567. The highest BCUT2D eigenvalue weighted by Crippen LogP contribution is 2.55. The molecule has 0 atom stereocenters. The van der Waals surface area contributed by atoms with E-state index in [1.165, 1.54) is 0 Å². The molecule has 0 aliphatic carbocycles. The lowest BCUT2D eigenvalue weighted by Crippen LogP contribution is -2.12. The second-order valence-electron chi connectivity index (χ2n) is 15.6. The second kappa shape index (κ2) is 21.5.